The molecule has 1 unspecified atom stereocenters. The van der Waals surface area contributed by atoms with Gasteiger partial charge in [0, 0.05) is 13.2 Å². The molecule has 11 heavy (non-hydrogen) atoms. The highest BCUT2D eigenvalue weighted by atomic mass is 16.5. The number of hydrogen-bond acceptors (Lipinski definition) is 2. The largest absolute Gasteiger partial charge is 0.378 e. The van der Waals surface area contributed by atoms with Crippen molar-refractivity contribution < 1.29 is 9.47 Å². The summed E-state index contributed by atoms with van der Waals surface area (Å²) in [6, 6.07) is 0. The van der Waals surface area contributed by atoms with Gasteiger partial charge in [0.15, 0.2) is 0 Å². The molecule has 0 aromatic heterocycles. The van der Waals surface area contributed by atoms with E-state index in [0.717, 1.165) is 19.8 Å². The van der Waals surface area contributed by atoms with Crippen molar-refractivity contribution in [2.45, 2.75) is 32.8 Å². The average molecular weight is 158 g/mol. The van der Waals surface area contributed by atoms with E-state index in [0.29, 0.717) is 12.0 Å². The van der Waals surface area contributed by atoms with Crippen LogP contribution in [0.2, 0.25) is 0 Å². The van der Waals surface area contributed by atoms with Gasteiger partial charge in [0.2, 0.25) is 0 Å². The second-order valence-electron chi connectivity index (χ2n) is 3.57. The fourth-order valence-corrected chi connectivity index (χ4v) is 1.21. The van der Waals surface area contributed by atoms with Gasteiger partial charge >= 0.3 is 0 Å². The lowest BCUT2D eigenvalue weighted by molar-refractivity contribution is 0.00886. The summed E-state index contributed by atoms with van der Waals surface area (Å²) in [7, 11) is 0. The van der Waals surface area contributed by atoms with Gasteiger partial charge in [0.1, 0.15) is 0 Å². The van der Waals surface area contributed by atoms with Crippen molar-refractivity contribution in [3.05, 3.63) is 0 Å². The minimum atomic E-state index is 0.383. The van der Waals surface area contributed by atoms with Crippen LogP contribution >= 0.6 is 0 Å². The third-order valence-electron chi connectivity index (χ3n) is 1.78. The van der Waals surface area contributed by atoms with Gasteiger partial charge in [-0.2, -0.15) is 0 Å². The monoisotopic (exact) mass is 158 g/mol. The summed E-state index contributed by atoms with van der Waals surface area (Å²) in [5.74, 6) is 0.636. The topological polar surface area (TPSA) is 18.5 Å². The Hall–Kier alpha value is -0.0800. The molecule has 66 valence electrons. The SMILES string of the molecule is CC(C)COCC1CCCO1. The van der Waals surface area contributed by atoms with Gasteiger partial charge in [0.05, 0.1) is 12.7 Å². The molecule has 1 aliphatic rings. The molecule has 1 heterocycles. The van der Waals surface area contributed by atoms with Crippen molar-refractivity contribution in [1.82, 2.24) is 0 Å². The second-order valence-corrected chi connectivity index (χ2v) is 3.57. The molecular formula is C9H18O2. The average Bonchev–Trinajstić information content (AvgIpc) is 2.39. The van der Waals surface area contributed by atoms with Crippen molar-refractivity contribution in [1.29, 1.82) is 0 Å². The maximum absolute atomic E-state index is 5.45. The molecule has 1 rings (SSSR count). The Labute approximate surface area is 68.9 Å². The first kappa shape index (κ1) is 9.01. The predicted octanol–water partition coefficient (Wildman–Crippen LogP) is 1.84. The van der Waals surface area contributed by atoms with Crippen LogP contribution in [-0.2, 0) is 9.47 Å². The summed E-state index contributed by atoms with van der Waals surface area (Å²) in [6.07, 6.45) is 2.77. The molecule has 0 saturated carbocycles. The highest BCUT2D eigenvalue weighted by molar-refractivity contribution is 4.63. The Balaban J connectivity index is 1.94. The first-order valence-electron chi connectivity index (χ1n) is 4.48. The molecule has 1 saturated heterocycles. The normalized spacial score (nSPS) is 24.8. The summed E-state index contributed by atoms with van der Waals surface area (Å²) >= 11 is 0. The smallest absolute Gasteiger partial charge is 0.0809 e. The minimum absolute atomic E-state index is 0.383. The van der Waals surface area contributed by atoms with Crippen LogP contribution in [-0.4, -0.2) is 25.9 Å². The summed E-state index contributed by atoms with van der Waals surface area (Å²) in [5.41, 5.74) is 0. The van der Waals surface area contributed by atoms with E-state index in [1.807, 2.05) is 0 Å². The van der Waals surface area contributed by atoms with E-state index in [4.69, 9.17) is 9.47 Å². The van der Waals surface area contributed by atoms with Crippen LogP contribution in [0.3, 0.4) is 0 Å². The molecule has 1 aliphatic heterocycles. The van der Waals surface area contributed by atoms with E-state index in [-0.39, 0.29) is 0 Å². The van der Waals surface area contributed by atoms with Gasteiger partial charge in [-0.1, -0.05) is 13.8 Å². The van der Waals surface area contributed by atoms with Crippen LogP contribution in [0.5, 0.6) is 0 Å². The van der Waals surface area contributed by atoms with Crippen LogP contribution in [0, 0.1) is 5.92 Å². The van der Waals surface area contributed by atoms with Crippen molar-refractivity contribution in [3.8, 4) is 0 Å². The van der Waals surface area contributed by atoms with Crippen LogP contribution in [0.25, 0.3) is 0 Å². The zero-order chi connectivity index (χ0) is 8.10. The molecule has 0 amide bonds. The van der Waals surface area contributed by atoms with Gasteiger partial charge < -0.3 is 9.47 Å². The van der Waals surface area contributed by atoms with Crippen molar-refractivity contribution >= 4 is 0 Å². The summed E-state index contributed by atoms with van der Waals surface area (Å²) in [4.78, 5) is 0. The molecule has 0 aromatic rings. The van der Waals surface area contributed by atoms with Crippen LogP contribution in [0.15, 0.2) is 0 Å². The molecular weight excluding hydrogens is 140 g/mol. The fraction of sp³-hybridized carbons (Fsp3) is 1.00. The zero-order valence-corrected chi connectivity index (χ0v) is 7.51. The fourth-order valence-electron chi connectivity index (χ4n) is 1.21. The van der Waals surface area contributed by atoms with Crippen LogP contribution in [0.4, 0.5) is 0 Å². The van der Waals surface area contributed by atoms with Gasteiger partial charge in [0.25, 0.3) is 0 Å². The van der Waals surface area contributed by atoms with Gasteiger partial charge in [-0.15, -0.1) is 0 Å². The van der Waals surface area contributed by atoms with Crippen LogP contribution < -0.4 is 0 Å². The Morgan fingerprint density at radius 2 is 2.36 bits per heavy atom. The second kappa shape index (κ2) is 4.73. The van der Waals surface area contributed by atoms with Crippen molar-refractivity contribution in [2.75, 3.05) is 19.8 Å². The first-order chi connectivity index (χ1) is 5.29. The molecule has 0 radical (unpaired) electrons. The minimum Gasteiger partial charge on any atom is -0.378 e. The van der Waals surface area contributed by atoms with E-state index < -0.39 is 0 Å². The van der Waals surface area contributed by atoms with E-state index in [1.165, 1.54) is 12.8 Å². The number of rotatable bonds is 4. The van der Waals surface area contributed by atoms with Gasteiger partial charge in [-0.05, 0) is 18.8 Å². The lowest BCUT2D eigenvalue weighted by Gasteiger charge is -2.11. The van der Waals surface area contributed by atoms with Gasteiger partial charge in [-0.3, -0.25) is 0 Å². The maximum Gasteiger partial charge on any atom is 0.0809 e. The number of ether oxygens (including phenoxy) is 2. The third kappa shape index (κ3) is 3.73. The van der Waals surface area contributed by atoms with E-state index in [2.05, 4.69) is 13.8 Å². The lowest BCUT2D eigenvalue weighted by atomic mass is 10.2. The Morgan fingerprint density at radius 1 is 1.55 bits per heavy atom. The van der Waals surface area contributed by atoms with E-state index in [9.17, 15) is 0 Å². The van der Waals surface area contributed by atoms with Crippen LogP contribution in [0.1, 0.15) is 26.7 Å². The van der Waals surface area contributed by atoms with E-state index >= 15 is 0 Å². The Morgan fingerprint density at radius 3 is 2.91 bits per heavy atom. The highest BCUT2D eigenvalue weighted by Crippen LogP contribution is 2.12. The maximum atomic E-state index is 5.45. The van der Waals surface area contributed by atoms with Crippen molar-refractivity contribution in [3.63, 3.8) is 0 Å². The lowest BCUT2D eigenvalue weighted by Crippen LogP contribution is -2.16. The molecule has 2 nitrogen and oxygen atoms in total. The Kier molecular flexibility index (Phi) is 3.87. The highest BCUT2D eigenvalue weighted by Gasteiger charge is 2.15. The molecule has 2 heteroatoms. The molecule has 1 fully saturated rings. The molecule has 0 spiro atoms. The van der Waals surface area contributed by atoms with E-state index in [1.54, 1.807) is 0 Å². The molecule has 0 aliphatic carbocycles. The number of hydrogen-bond donors (Lipinski definition) is 0. The molecule has 0 N–H and O–H groups in total. The van der Waals surface area contributed by atoms with Gasteiger partial charge in [-0.25, -0.2) is 0 Å². The zero-order valence-electron chi connectivity index (χ0n) is 7.51. The molecule has 1 atom stereocenters. The standard InChI is InChI=1S/C9H18O2/c1-8(2)6-10-7-9-4-3-5-11-9/h8-9H,3-7H2,1-2H3. The molecule has 0 bridgehead atoms. The predicted molar refractivity (Wildman–Crippen MR) is 44.6 cm³/mol. The Bertz CT molecular complexity index is 95.7. The van der Waals surface area contributed by atoms with Crippen molar-refractivity contribution in [2.24, 2.45) is 5.92 Å². The summed E-state index contributed by atoms with van der Waals surface area (Å²) < 4.78 is 10.9. The summed E-state index contributed by atoms with van der Waals surface area (Å²) in [6.45, 7) is 6.90. The summed E-state index contributed by atoms with van der Waals surface area (Å²) in [5, 5.41) is 0. The quantitative estimate of drug-likeness (QED) is 0.621. The molecule has 0 aromatic carbocycles. The first-order valence-corrected chi connectivity index (χ1v) is 4.48. The third-order valence-corrected chi connectivity index (χ3v) is 1.78.